The number of piperidine rings is 1. The van der Waals surface area contributed by atoms with Crippen LogP contribution in [0.15, 0.2) is 18.2 Å². The van der Waals surface area contributed by atoms with Gasteiger partial charge in [-0.25, -0.2) is 0 Å². The van der Waals surface area contributed by atoms with E-state index in [2.05, 4.69) is 14.8 Å². The number of hydrogen-bond acceptors (Lipinski definition) is 11. The third kappa shape index (κ3) is 7.79. The molecule has 14 nitrogen and oxygen atoms in total. The molecule has 0 saturated carbocycles. The molecular formula is C22H27N3O11S. The summed E-state index contributed by atoms with van der Waals surface area (Å²) in [5, 5.41) is 4.70. The second-order valence-electron chi connectivity index (χ2n) is 8.02. The van der Waals surface area contributed by atoms with Gasteiger partial charge in [0.1, 0.15) is 11.8 Å². The molecule has 2 N–H and O–H groups in total. The molecule has 2 aliphatic rings. The molecule has 2 heterocycles. The molecule has 15 heteroatoms. The van der Waals surface area contributed by atoms with Crippen LogP contribution in [0.4, 0.5) is 0 Å². The van der Waals surface area contributed by atoms with Crippen LogP contribution in [-0.2, 0) is 38.2 Å². The summed E-state index contributed by atoms with van der Waals surface area (Å²) < 4.78 is 42.0. The number of rotatable bonds is 14. The van der Waals surface area contributed by atoms with Crippen molar-refractivity contribution in [3.8, 4) is 5.75 Å². The van der Waals surface area contributed by atoms with Crippen LogP contribution in [0.1, 0.15) is 33.6 Å². The van der Waals surface area contributed by atoms with Gasteiger partial charge in [0.25, 0.3) is 27.8 Å². The molecule has 2 aliphatic heterocycles. The van der Waals surface area contributed by atoms with Gasteiger partial charge in [0.15, 0.2) is 6.61 Å². The van der Waals surface area contributed by atoms with E-state index in [-0.39, 0.29) is 69.3 Å². The molecule has 1 aromatic carbocycles. The number of benzene rings is 1. The zero-order chi connectivity index (χ0) is 27.0. The maximum Gasteiger partial charge on any atom is 0.266 e. The molecule has 1 saturated heterocycles. The highest BCUT2D eigenvalue weighted by molar-refractivity contribution is 7.85. The largest absolute Gasteiger partial charge is 0.483 e. The van der Waals surface area contributed by atoms with Gasteiger partial charge in [-0.05, 0) is 18.6 Å². The van der Waals surface area contributed by atoms with Crippen molar-refractivity contribution in [1.29, 1.82) is 0 Å². The number of carbonyl (C=O) groups is 5. The van der Waals surface area contributed by atoms with Gasteiger partial charge in [-0.2, -0.15) is 8.42 Å². The van der Waals surface area contributed by atoms with E-state index < -0.39 is 52.3 Å². The normalized spacial score (nSPS) is 17.5. The fourth-order valence-corrected chi connectivity index (χ4v) is 4.00. The van der Waals surface area contributed by atoms with Crippen molar-refractivity contribution < 1.29 is 50.8 Å². The van der Waals surface area contributed by atoms with E-state index in [0.717, 1.165) is 11.2 Å². The Labute approximate surface area is 212 Å². The van der Waals surface area contributed by atoms with E-state index >= 15 is 0 Å². The third-order valence-electron chi connectivity index (χ3n) is 5.25. The van der Waals surface area contributed by atoms with Gasteiger partial charge in [0.05, 0.1) is 50.4 Å². The second kappa shape index (κ2) is 12.7. The van der Waals surface area contributed by atoms with Crippen LogP contribution < -0.4 is 15.4 Å². The minimum Gasteiger partial charge on any atom is -0.483 e. The lowest BCUT2D eigenvalue weighted by Crippen LogP contribution is -2.54. The van der Waals surface area contributed by atoms with Gasteiger partial charge in [-0.15, -0.1) is 0 Å². The Bertz CT molecular complexity index is 1170. The topological polar surface area (TPSA) is 184 Å². The summed E-state index contributed by atoms with van der Waals surface area (Å²) in [6.45, 7) is 0.366. The average molecular weight is 542 g/mol. The van der Waals surface area contributed by atoms with Crippen LogP contribution in [-0.4, -0.2) is 101 Å². The Morgan fingerprint density at radius 3 is 2.46 bits per heavy atom. The Morgan fingerprint density at radius 1 is 1.05 bits per heavy atom. The number of fused-ring (bicyclic) bond motifs is 1. The van der Waals surface area contributed by atoms with Crippen LogP contribution in [0.3, 0.4) is 0 Å². The van der Waals surface area contributed by atoms with Gasteiger partial charge in [0, 0.05) is 13.0 Å². The molecule has 1 fully saturated rings. The number of nitrogens with one attached hydrogen (secondary N) is 2. The number of nitrogens with zero attached hydrogens (tertiary/aromatic N) is 1. The average Bonchev–Trinajstić information content (AvgIpc) is 3.09. The smallest absolute Gasteiger partial charge is 0.266 e. The summed E-state index contributed by atoms with van der Waals surface area (Å²) in [4.78, 5) is 62.3. The summed E-state index contributed by atoms with van der Waals surface area (Å²) in [5.74, 6) is -3.06. The van der Waals surface area contributed by atoms with E-state index in [1.807, 2.05) is 0 Å². The highest BCUT2D eigenvalue weighted by atomic mass is 32.2. The molecule has 37 heavy (non-hydrogen) atoms. The molecule has 202 valence electrons. The number of ether oxygens (including phenoxy) is 3. The van der Waals surface area contributed by atoms with Crippen molar-refractivity contribution in [1.82, 2.24) is 15.5 Å². The molecular weight excluding hydrogens is 514 g/mol. The number of imide groups is 2. The molecule has 1 aromatic rings. The number of amides is 5. The summed E-state index contributed by atoms with van der Waals surface area (Å²) in [6, 6.07) is 3.25. The molecule has 1 unspecified atom stereocenters. The van der Waals surface area contributed by atoms with Crippen molar-refractivity contribution >= 4 is 39.7 Å². The van der Waals surface area contributed by atoms with E-state index in [1.165, 1.54) is 18.2 Å². The first-order valence-corrected chi connectivity index (χ1v) is 13.1. The van der Waals surface area contributed by atoms with Crippen molar-refractivity contribution in [3.05, 3.63) is 29.3 Å². The Kier molecular flexibility index (Phi) is 9.68. The molecule has 0 bridgehead atoms. The van der Waals surface area contributed by atoms with Crippen LogP contribution in [0.5, 0.6) is 5.75 Å². The van der Waals surface area contributed by atoms with Gasteiger partial charge >= 0.3 is 0 Å². The lowest BCUT2D eigenvalue weighted by atomic mass is 10.0. The molecule has 0 aliphatic carbocycles. The summed E-state index contributed by atoms with van der Waals surface area (Å²) >= 11 is 0. The first-order valence-electron chi connectivity index (χ1n) is 11.3. The van der Waals surface area contributed by atoms with Crippen LogP contribution in [0, 0.1) is 0 Å². The van der Waals surface area contributed by atoms with Crippen LogP contribution in [0.25, 0.3) is 0 Å². The minimum atomic E-state index is -3.50. The summed E-state index contributed by atoms with van der Waals surface area (Å²) in [7, 11) is -3.50. The quantitative estimate of drug-likeness (QED) is 0.160. The minimum absolute atomic E-state index is 0.00439. The predicted octanol–water partition coefficient (Wildman–Crippen LogP) is -1.41. The highest BCUT2D eigenvalue weighted by Crippen LogP contribution is 2.33. The molecule has 0 aromatic heterocycles. The predicted molar refractivity (Wildman–Crippen MR) is 124 cm³/mol. The lowest BCUT2D eigenvalue weighted by molar-refractivity contribution is -0.136. The molecule has 5 amide bonds. The standard InChI is InChI=1S/C22H27N3O11S/c1-37(31,32)36-12-11-34-10-9-33-8-7-23-18(27)13-35-16-4-2-3-14-19(16)22(30)25(21(14)29)15-5-6-17(26)24-20(15)28/h2-4,15H,5-13H2,1H3,(H,23,27)(H,24,26,28). The third-order valence-corrected chi connectivity index (χ3v) is 5.85. The van der Waals surface area contributed by atoms with Crippen LogP contribution >= 0.6 is 0 Å². The van der Waals surface area contributed by atoms with E-state index in [4.69, 9.17) is 14.2 Å². The SMILES string of the molecule is CS(=O)(=O)OCCOCCOCCNC(=O)COc1cccc2c1C(=O)N(C1CCC(=O)NC1=O)C2=O. The maximum absolute atomic E-state index is 13.0. The first kappa shape index (κ1) is 28.2. The fourth-order valence-electron chi connectivity index (χ4n) is 3.63. The molecule has 0 radical (unpaired) electrons. The zero-order valence-electron chi connectivity index (χ0n) is 20.0. The van der Waals surface area contributed by atoms with E-state index in [1.54, 1.807) is 0 Å². The molecule has 0 spiro atoms. The number of carbonyl (C=O) groups excluding carboxylic acids is 5. The van der Waals surface area contributed by atoms with Crippen molar-refractivity contribution in [2.75, 3.05) is 52.4 Å². The van der Waals surface area contributed by atoms with Crippen molar-refractivity contribution in [2.45, 2.75) is 18.9 Å². The fraction of sp³-hybridized carbons (Fsp3) is 0.500. The molecule has 1 atom stereocenters. The summed E-state index contributed by atoms with van der Waals surface area (Å²) in [6.07, 6.45) is 0.977. The second-order valence-corrected chi connectivity index (χ2v) is 9.66. The zero-order valence-corrected chi connectivity index (χ0v) is 20.8. The first-order chi connectivity index (χ1) is 17.6. The van der Waals surface area contributed by atoms with Crippen molar-refractivity contribution in [3.63, 3.8) is 0 Å². The molecule has 3 rings (SSSR count). The summed E-state index contributed by atoms with van der Waals surface area (Å²) in [5.41, 5.74) is 0.00128. The maximum atomic E-state index is 13.0. The van der Waals surface area contributed by atoms with Gasteiger partial charge in [-0.3, -0.25) is 38.4 Å². The van der Waals surface area contributed by atoms with Gasteiger partial charge < -0.3 is 19.5 Å². The van der Waals surface area contributed by atoms with E-state index in [9.17, 15) is 32.4 Å². The Balaban J connectivity index is 1.40. The Morgan fingerprint density at radius 2 is 1.76 bits per heavy atom. The van der Waals surface area contributed by atoms with Gasteiger partial charge in [-0.1, -0.05) is 6.07 Å². The lowest BCUT2D eigenvalue weighted by Gasteiger charge is -2.27. The van der Waals surface area contributed by atoms with Gasteiger partial charge in [0.2, 0.25) is 11.8 Å². The van der Waals surface area contributed by atoms with Crippen LogP contribution in [0.2, 0.25) is 0 Å². The monoisotopic (exact) mass is 541 g/mol. The Hall–Kier alpha value is -3.40. The van der Waals surface area contributed by atoms with E-state index in [0.29, 0.717) is 0 Å². The van der Waals surface area contributed by atoms with Crippen molar-refractivity contribution in [2.24, 2.45) is 0 Å². The highest BCUT2D eigenvalue weighted by Gasteiger charge is 2.46. The number of hydrogen-bond donors (Lipinski definition) is 2.